The lowest BCUT2D eigenvalue weighted by atomic mass is 10.0. The van der Waals surface area contributed by atoms with Gasteiger partial charge in [-0.15, -0.1) is 24.0 Å². The van der Waals surface area contributed by atoms with E-state index >= 15 is 0 Å². The molecule has 0 spiro atoms. The van der Waals surface area contributed by atoms with Gasteiger partial charge in [-0.05, 0) is 51.9 Å². The minimum atomic E-state index is -0.475. The highest BCUT2D eigenvalue weighted by atomic mass is 127. The molecule has 148 valence electrons. The molecule has 1 amide bonds. The van der Waals surface area contributed by atoms with Crippen LogP contribution in [0.5, 0.6) is 0 Å². The largest absolute Gasteiger partial charge is 0.444 e. The number of guanidine groups is 1. The summed E-state index contributed by atoms with van der Waals surface area (Å²) >= 11 is 0. The highest BCUT2D eigenvalue weighted by molar-refractivity contribution is 14.0. The number of ether oxygens (including phenoxy) is 1. The van der Waals surface area contributed by atoms with Crippen LogP contribution in [0.4, 0.5) is 4.79 Å². The van der Waals surface area contributed by atoms with E-state index in [9.17, 15) is 4.79 Å². The fraction of sp³-hybridized carbons (Fsp3) is 0.889. The fourth-order valence-corrected chi connectivity index (χ4v) is 2.41. The Labute approximate surface area is 170 Å². The van der Waals surface area contributed by atoms with Gasteiger partial charge in [0.2, 0.25) is 0 Å². The SMILES string of the molecule is CN=C(NCC1CC1)N(C)CCC(NC(=O)OC(C)(C)C)C(C)C.I. The molecule has 1 aliphatic carbocycles. The molecule has 1 fully saturated rings. The lowest BCUT2D eigenvalue weighted by Gasteiger charge is -2.28. The highest BCUT2D eigenvalue weighted by Gasteiger charge is 2.23. The molecular formula is C18H37IN4O2. The second-order valence-corrected chi connectivity index (χ2v) is 8.08. The van der Waals surface area contributed by atoms with Crippen LogP contribution in [0.1, 0.15) is 53.9 Å². The highest BCUT2D eigenvalue weighted by Crippen LogP contribution is 2.27. The van der Waals surface area contributed by atoms with Crippen LogP contribution in [0.25, 0.3) is 0 Å². The quantitative estimate of drug-likeness (QED) is 0.341. The topological polar surface area (TPSA) is 66.0 Å². The maximum Gasteiger partial charge on any atom is 0.407 e. The molecule has 1 aliphatic rings. The summed E-state index contributed by atoms with van der Waals surface area (Å²) in [6.45, 7) is 11.7. The van der Waals surface area contributed by atoms with E-state index in [0.717, 1.165) is 31.4 Å². The van der Waals surface area contributed by atoms with E-state index in [-0.39, 0.29) is 36.1 Å². The number of nitrogens with one attached hydrogen (secondary N) is 2. The van der Waals surface area contributed by atoms with Gasteiger partial charge < -0.3 is 20.3 Å². The Balaban J connectivity index is 0.00000576. The number of hydrogen-bond acceptors (Lipinski definition) is 3. The fourth-order valence-electron chi connectivity index (χ4n) is 2.41. The average molecular weight is 468 g/mol. The smallest absolute Gasteiger partial charge is 0.407 e. The maximum absolute atomic E-state index is 12.0. The molecule has 0 aromatic rings. The van der Waals surface area contributed by atoms with Crippen LogP contribution in [0.15, 0.2) is 4.99 Å². The first-order chi connectivity index (χ1) is 11.1. The van der Waals surface area contributed by atoms with E-state index in [1.54, 1.807) is 0 Å². The molecule has 6 nitrogen and oxygen atoms in total. The summed E-state index contributed by atoms with van der Waals surface area (Å²) < 4.78 is 5.37. The second-order valence-electron chi connectivity index (χ2n) is 8.08. The van der Waals surface area contributed by atoms with Crippen molar-refractivity contribution in [1.29, 1.82) is 0 Å². The van der Waals surface area contributed by atoms with Crippen molar-refractivity contribution in [1.82, 2.24) is 15.5 Å². The normalized spacial score (nSPS) is 16.1. The number of alkyl carbamates (subject to hydrolysis) is 1. The molecule has 0 bridgehead atoms. The van der Waals surface area contributed by atoms with Crippen molar-refractivity contribution in [2.24, 2.45) is 16.8 Å². The Morgan fingerprint density at radius 1 is 1.32 bits per heavy atom. The van der Waals surface area contributed by atoms with Crippen LogP contribution in [-0.2, 0) is 4.74 Å². The molecule has 1 saturated carbocycles. The molecule has 0 aromatic carbocycles. The van der Waals surface area contributed by atoms with Gasteiger partial charge in [0, 0.05) is 33.2 Å². The lowest BCUT2D eigenvalue weighted by Crippen LogP contribution is -2.45. The Morgan fingerprint density at radius 3 is 2.36 bits per heavy atom. The summed E-state index contributed by atoms with van der Waals surface area (Å²) in [7, 11) is 3.84. The van der Waals surface area contributed by atoms with Crippen molar-refractivity contribution in [3.63, 3.8) is 0 Å². The van der Waals surface area contributed by atoms with Gasteiger partial charge in [-0.2, -0.15) is 0 Å². The van der Waals surface area contributed by atoms with E-state index in [1.165, 1.54) is 12.8 Å². The van der Waals surface area contributed by atoms with Crippen LogP contribution in [0.3, 0.4) is 0 Å². The van der Waals surface area contributed by atoms with Crippen molar-refractivity contribution >= 4 is 36.0 Å². The van der Waals surface area contributed by atoms with Crippen LogP contribution in [-0.4, -0.2) is 55.8 Å². The molecule has 25 heavy (non-hydrogen) atoms. The van der Waals surface area contributed by atoms with Crippen molar-refractivity contribution in [3.05, 3.63) is 0 Å². The molecule has 0 radical (unpaired) electrons. The van der Waals surface area contributed by atoms with Crippen LogP contribution in [0.2, 0.25) is 0 Å². The Hall–Kier alpha value is -0.730. The van der Waals surface area contributed by atoms with Crippen molar-refractivity contribution < 1.29 is 9.53 Å². The number of aliphatic imine (C=N–C) groups is 1. The average Bonchev–Trinajstić information content (AvgIpc) is 3.25. The zero-order valence-corrected chi connectivity index (χ0v) is 19.2. The summed E-state index contributed by atoms with van der Waals surface area (Å²) in [6.07, 6.45) is 3.14. The summed E-state index contributed by atoms with van der Waals surface area (Å²) in [4.78, 5) is 18.5. The molecule has 0 aliphatic heterocycles. The van der Waals surface area contributed by atoms with Crippen molar-refractivity contribution in [2.45, 2.75) is 65.5 Å². The molecule has 1 unspecified atom stereocenters. The number of nitrogens with zero attached hydrogens (tertiary/aromatic N) is 2. The van der Waals surface area contributed by atoms with Gasteiger partial charge in [0.05, 0.1) is 0 Å². The molecular weight excluding hydrogens is 431 g/mol. The van der Waals surface area contributed by atoms with Gasteiger partial charge in [-0.3, -0.25) is 4.99 Å². The summed E-state index contributed by atoms with van der Waals surface area (Å²) in [5, 5.41) is 6.42. The molecule has 1 rings (SSSR count). The van der Waals surface area contributed by atoms with Gasteiger partial charge in [-0.25, -0.2) is 4.79 Å². The van der Waals surface area contributed by atoms with Crippen molar-refractivity contribution in [2.75, 3.05) is 27.2 Å². The van der Waals surface area contributed by atoms with Gasteiger partial charge in [-0.1, -0.05) is 13.8 Å². The van der Waals surface area contributed by atoms with Gasteiger partial charge >= 0.3 is 6.09 Å². The van der Waals surface area contributed by atoms with Gasteiger partial charge in [0.1, 0.15) is 5.60 Å². The van der Waals surface area contributed by atoms with E-state index in [2.05, 4.69) is 34.4 Å². The van der Waals surface area contributed by atoms with Gasteiger partial charge in [0.15, 0.2) is 5.96 Å². The van der Waals surface area contributed by atoms with E-state index in [1.807, 2.05) is 34.9 Å². The first-order valence-corrected chi connectivity index (χ1v) is 9.03. The standard InChI is InChI=1S/C18H36N4O2.HI/c1-13(2)15(21-17(23)24-18(3,4)5)10-11-22(7)16(19-6)20-12-14-8-9-14;/h13-15H,8-12H2,1-7H3,(H,19,20)(H,21,23);1H. The molecule has 0 aromatic heterocycles. The zero-order valence-electron chi connectivity index (χ0n) is 16.9. The Kier molecular flexibility index (Phi) is 10.8. The van der Waals surface area contributed by atoms with E-state index < -0.39 is 5.60 Å². The molecule has 0 saturated heterocycles. The number of halogens is 1. The minimum Gasteiger partial charge on any atom is -0.444 e. The number of amides is 1. The predicted molar refractivity (Wildman–Crippen MR) is 115 cm³/mol. The van der Waals surface area contributed by atoms with E-state index in [4.69, 9.17) is 4.74 Å². The second kappa shape index (κ2) is 11.1. The summed E-state index contributed by atoms with van der Waals surface area (Å²) in [5.74, 6) is 2.07. The summed E-state index contributed by atoms with van der Waals surface area (Å²) in [6, 6.07) is 0.0730. The first kappa shape index (κ1) is 24.3. The summed E-state index contributed by atoms with van der Waals surface area (Å²) in [5.41, 5.74) is -0.475. The van der Waals surface area contributed by atoms with Crippen LogP contribution >= 0.6 is 24.0 Å². The van der Waals surface area contributed by atoms with Crippen molar-refractivity contribution in [3.8, 4) is 0 Å². The predicted octanol–water partition coefficient (Wildman–Crippen LogP) is 3.46. The number of carbonyl (C=O) groups excluding carboxylic acids is 1. The Morgan fingerprint density at radius 2 is 1.92 bits per heavy atom. The molecule has 0 heterocycles. The monoisotopic (exact) mass is 468 g/mol. The number of hydrogen-bond donors (Lipinski definition) is 2. The molecule has 1 atom stereocenters. The first-order valence-electron chi connectivity index (χ1n) is 9.03. The third-order valence-electron chi connectivity index (χ3n) is 4.10. The van der Waals surface area contributed by atoms with Crippen LogP contribution < -0.4 is 10.6 Å². The third-order valence-corrected chi connectivity index (χ3v) is 4.10. The van der Waals surface area contributed by atoms with Gasteiger partial charge in [0.25, 0.3) is 0 Å². The van der Waals surface area contributed by atoms with Crippen LogP contribution in [0, 0.1) is 11.8 Å². The molecule has 7 heteroatoms. The minimum absolute atomic E-state index is 0. The molecule has 2 N–H and O–H groups in total. The van der Waals surface area contributed by atoms with E-state index in [0.29, 0.717) is 5.92 Å². The lowest BCUT2D eigenvalue weighted by molar-refractivity contribution is 0.0486. The zero-order chi connectivity index (χ0) is 18.3. The maximum atomic E-state index is 12.0. The Bertz CT molecular complexity index is 431. The number of carbonyl (C=O) groups is 1. The third kappa shape index (κ3) is 10.8. The number of rotatable bonds is 7.